The molecule has 1 amide bonds. The Morgan fingerprint density at radius 2 is 1.75 bits per heavy atom. The topological polar surface area (TPSA) is 70.9 Å². The fourth-order valence-electron chi connectivity index (χ4n) is 2.06. The summed E-state index contributed by atoms with van der Waals surface area (Å²) in [5.74, 6) is -0.204. The fourth-order valence-corrected chi connectivity index (χ4v) is 2.69. The van der Waals surface area contributed by atoms with Crippen LogP contribution in [0, 0.1) is 0 Å². The highest BCUT2D eigenvalue weighted by molar-refractivity contribution is 7.90. The van der Waals surface area contributed by atoms with Crippen molar-refractivity contribution in [3.05, 3.63) is 29.8 Å². The minimum absolute atomic E-state index is 0.204. The van der Waals surface area contributed by atoms with Crippen LogP contribution < -0.4 is 10.3 Å². The van der Waals surface area contributed by atoms with Crippen LogP contribution in [0.1, 0.15) is 10.4 Å². The number of carbonyl (C=O) groups is 1. The summed E-state index contributed by atoms with van der Waals surface area (Å²) in [4.78, 5) is 13.7. The molecular weight excluding hydrogens is 278 g/mol. The Labute approximate surface area is 119 Å². The van der Waals surface area contributed by atoms with E-state index in [1.165, 1.54) is 29.2 Å². The molecule has 0 aromatic heterocycles. The maximum Gasteiger partial charge on any atom is 0.265 e. The molecule has 0 spiro atoms. The van der Waals surface area contributed by atoms with E-state index < -0.39 is 9.84 Å². The zero-order valence-corrected chi connectivity index (χ0v) is 12.5. The molecule has 1 aromatic rings. The van der Waals surface area contributed by atoms with Gasteiger partial charge in [0.1, 0.15) is 0 Å². The number of quaternary nitrogens is 1. The summed E-state index contributed by atoms with van der Waals surface area (Å²) in [6.45, 7) is 3.62. The Morgan fingerprint density at radius 1 is 1.20 bits per heavy atom. The number of carbonyl (C=O) groups excluding carboxylic acids is 1. The lowest BCUT2D eigenvalue weighted by Gasteiger charge is -2.30. The number of sulfone groups is 1. The number of rotatable bonds is 3. The lowest BCUT2D eigenvalue weighted by Crippen LogP contribution is -3.12. The summed E-state index contributed by atoms with van der Waals surface area (Å²) in [6, 6.07) is 5.98. The van der Waals surface area contributed by atoms with Crippen LogP contribution in [0.4, 0.5) is 0 Å². The maximum atomic E-state index is 12.0. The smallest absolute Gasteiger partial charge is 0.265 e. The molecule has 6 nitrogen and oxygen atoms in total. The summed E-state index contributed by atoms with van der Waals surface area (Å²) in [5, 5.41) is 1.90. The van der Waals surface area contributed by atoms with Gasteiger partial charge in [-0.1, -0.05) is 0 Å². The van der Waals surface area contributed by atoms with Crippen LogP contribution in [0.2, 0.25) is 0 Å². The van der Waals surface area contributed by atoms with Gasteiger partial charge in [-0.15, -0.1) is 0 Å². The predicted octanol–water partition coefficient (Wildman–Crippen LogP) is -1.43. The van der Waals surface area contributed by atoms with E-state index in [4.69, 9.17) is 0 Å². The van der Waals surface area contributed by atoms with Gasteiger partial charge < -0.3 is 4.90 Å². The van der Waals surface area contributed by atoms with Crippen molar-refractivity contribution in [1.82, 2.24) is 10.4 Å². The fraction of sp³-hybridized carbons (Fsp3) is 0.462. The lowest BCUT2D eigenvalue weighted by molar-refractivity contribution is -0.884. The van der Waals surface area contributed by atoms with Crippen LogP contribution in [0.15, 0.2) is 29.2 Å². The molecule has 110 valence electrons. The first-order valence-corrected chi connectivity index (χ1v) is 8.43. The minimum Gasteiger partial charge on any atom is -0.335 e. The third-order valence-electron chi connectivity index (χ3n) is 3.42. The van der Waals surface area contributed by atoms with Crippen LogP contribution in [-0.4, -0.2) is 58.8 Å². The van der Waals surface area contributed by atoms with Crippen LogP contribution in [-0.2, 0) is 9.84 Å². The number of benzene rings is 1. The van der Waals surface area contributed by atoms with E-state index >= 15 is 0 Å². The first-order chi connectivity index (χ1) is 9.36. The first kappa shape index (κ1) is 15.0. The third kappa shape index (κ3) is 3.78. The van der Waals surface area contributed by atoms with Crippen LogP contribution >= 0.6 is 0 Å². The molecule has 0 saturated carbocycles. The van der Waals surface area contributed by atoms with E-state index in [1.54, 1.807) is 0 Å². The number of hydrogen-bond acceptors (Lipinski definition) is 4. The molecular formula is C13H20N3O3S+. The average molecular weight is 298 g/mol. The van der Waals surface area contributed by atoms with Crippen molar-refractivity contribution in [2.75, 3.05) is 39.5 Å². The number of hydrogen-bond donors (Lipinski definition) is 2. The van der Waals surface area contributed by atoms with Gasteiger partial charge in [-0.2, -0.15) is 0 Å². The number of piperazine rings is 1. The monoisotopic (exact) mass is 298 g/mol. The quantitative estimate of drug-likeness (QED) is 0.717. The molecule has 20 heavy (non-hydrogen) atoms. The van der Waals surface area contributed by atoms with E-state index in [2.05, 4.69) is 12.5 Å². The largest absolute Gasteiger partial charge is 0.335 e. The number of hydrazine groups is 1. The summed E-state index contributed by atoms with van der Waals surface area (Å²) in [7, 11) is -1.10. The highest BCUT2D eigenvalue weighted by atomic mass is 32.2. The van der Waals surface area contributed by atoms with Gasteiger partial charge in [-0.05, 0) is 24.3 Å². The minimum atomic E-state index is -3.22. The van der Waals surface area contributed by atoms with Crippen molar-refractivity contribution >= 4 is 15.7 Å². The van der Waals surface area contributed by atoms with E-state index in [1.807, 2.05) is 5.01 Å². The molecule has 2 N–H and O–H groups in total. The first-order valence-electron chi connectivity index (χ1n) is 6.53. The van der Waals surface area contributed by atoms with Crippen molar-refractivity contribution in [2.24, 2.45) is 0 Å². The zero-order valence-electron chi connectivity index (χ0n) is 11.7. The van der Waals surface area contributed by atoms with Gasteiger partial charge >= 0.3 is 0 Å². The molecule has 0 radical (unpaired) electrons. The molecule has 0 aliphatic carbocycles. The van der Waals surface area contributed by atoms with E-state index in [9.17, 15) is 13.2 Å². The number of nitrogens with zero attached hydrogens (tertiary/aromatic N) is 1. The van der Waals surface area contributed by atoms with Crippen molar-refractivity contribution in [1.29, 1.82) is 0 Å². The van der Waals surface area contributed by atoms with Crippen LogP contribution in [0.3, 0.4) is 0 Å². The second-order valence-corrected chi connectivity index (χ2v) is 7.20. The average Bonchev–Trinajstić information content (AvgIpc) is 2.40. The predicted molar refractivity (Wildman–Crippen MR) is 75.2 cm³/mol. The van der Waals surface area contributed by atoms with Crippen molar-refractivity contribution in [2.45, 2.75) is 4.90 Å². The van der Waals surface area contributed by atoms with Gasteiger partial charge in [0.15, 0.2) is 9.84 Å². The SMILES string of the molecule is C[NH+]1CCN(NC(=O)c2ccc(S(C)(=O)=O)cc2)CC1. The van der Waals surface area contributed by atoms with Crippen molar-refractivity contribution in [3.8, 4) is 0 Å². The Kier molecular flexibility index (Phi) is 4.42. The molecule has 1 heterocycles. The van der Waals surface area contributed by atoms with Crippen molar-refractivity contribution < 1.29 is 18.1 Å². The van der Waals surface area contributed by atoms with Gasteiger partial charge in [-0.25, -0.2) is 13.4 Å². The molecule has 0 unspecified atom stereocenters. The summed E-state index contributed by atoms with van der Waals surface area (Å²) >= 11 is 0. The maximum absolute atomic E-state index is 12.0. The van der Waals surface area contributed by atoms with Gasteiger partial charge in [0.05, 0.1) is 38.1 Å². The Morgan fingerprint density at radius 3 is 2.25 bits per heavy atom. The van der Waals surface area contributed by atoms with Crippen LogP contribution in [0.5, 0.6) is 0 Å². The molecule has 1 saturated heterocycles. The highest BCUT2D eigenvalue weighted by Gasteiger charge is 2.19. The van der Waals surface area contributed by atoms with Crippen molar-refractivity contribution in [3.63, 3.8) is 0 Å². The second kappa shape index (κ2) is 5.90. The van der Waals surface area contributed by atoms with Gasteiger partial charge in [0, 0.05) is 11.8 Å². The number of amides is 1. The van der Waals surface area contributed by atoms with E-state index in [-0.39, 0.29) is 10.8 Å². The van der Waals surface area contributed by atoms with E-state index in [0.717, 1.165) is 32.4 Å². The molecule has 1 fully saturated rings. The van der Waals surface area contributed by atoms with Gasteiger partial charge in [-0.3, -0.25) is 10.2 Å². The third-order valence-corrected chi connectivity index (χ3v) is 4.55. The van der Waals surface area contributed by atoms with Crippen LogP contribution in [0.25, 0.3) is 0 Å². The normalized spacial score (nSPS) is 17.9. The standard InChI is InChI=1S/C13H19N3O3S/c1-15-7-9-16(10-8-15)14-13(17)11-3-5-12(6-4-11)20(2,18)19/h3-6H,7-10H2,1-2H3,(H,14,17)/p+1. The molecule has 1 aliphatic rings. The Balaban J connectivity index is 1.99. The molecule has 0 bridgehead atoms. The molecule has 7 heteroatoms. The summed E-state index contributed by atoms with van der Waals surface area (Å²) in [6.07, 6.45) is 1.15. The summed E-state index contributed by atoms with van der Waals surface area (Å²) < 4.78 is 22.7. The molecule has 1 aromatic carbocycles. The second-order valence-electron chi connectivity index (χ2n) is 5.18. The molecule has 0 atom stereocenters. The van der Waals surface area contributed by atoms with Gasteiger partial charge in [0.2, 0.25) is 0 Å². The highest BCUT2D eigenvalue weighted by Crippen LogP contribution is 2.10. The number of nitrogens with one attached hydrogen (secondary N) is 2. The summed E-state index contributed by atoms with van der Waals surface area (Å²) in [5.41, 5.74) is 3.31. The van der Waals surface area contributed by atoms with E-state index in [0.29, 0.717) is 5.56 Å². The van der Waals surface area contributed by atoms with Gasteiger partial charge in [0.25, 0.3) is 5.91 Å². The number of likely N-dealkylation sites (N-methyl/N-ethyl adjacent to an activating group) is 1. The Hall–Kier alpha value is -1.44. The Bertz CT molecular complexity index is 575. The lowest BCUT2D eigenvalue weighted by atomic mass is 10.2. The zero-order chi connectivity index (χ0) is 14.8. The molecule has 2 rings (SSSR count). The molecule has 1 aliphatic heterocycles.